The maximum atomic E-state index is 13.9. The molecular formula is C21H22ClFN2O2S. The molecule has 2 aromatic rings. The molecule has 4 nitrogen and oxygen atoms in total. The number of nitrogens with zero attached hydrogens (tertiary/aromatic N) is 2. The number of thioether (sulfide) groups is 1. The van der Waals surface area contributed by atoms with Gasteiger partial charge >= 0.3 is 0 Å². The minimum absolute atomic E-state index is 0.0418. The van der Waals surface area contributed by atoms with E-state index in [0.29, 0.717) is 37.6 Å². The van der Waals surface area contributed by atoms with Crippen LogP contribution in [0.25, 0.3) is 0 Å². The third-order valence-electron chi connectivity index (χ3n) is 4.67. The number of carbonyl (C=O) groups excluding carboxylic acids is 2. The Morgan fingerprint density at radius 2 is 1.64 bits per heavy atom. The number of rotatable bonds is 4. The van der Waals surface area contributed by atoms with E-state index in [4.69, 9.17) is 11.6 Å². The van der Waals surface area contributed by atoms with Gasteiger partial charge in [-0.05, 0) is 49.7 Å². The van der Waals surface area contributed by atoms with Crippen LogP contribution in [-0.2, 0) is 4.79 Å². The highest BCUT2D eigenvalue weighted by Crippen LogP contribution is 2.26. The normalized spacial score (nSPS) is 15.8. The Labute approximate surface area is 173 Å². The summed E-state index contributed by atoms with van der Waals surface area (Å²) in [5.41, 5.74) is 0.0777. The van der Waals surface area contributed by atoms with Crippen LogP contribution in [0.3, 0.4) is 0 Å². The first-order chi connectivity index (χ1) is 13.5. The maximum Gasteiger partial charge on any atom is 0.256 e. The van der Waals surface area contributed by atoms with Crippen molar-refractivity contribution in [3.05, 3.63) is 64.9 Å². The SMILES string of the molecule is CC(Sc1ccc(Cl)cc1)C(=O)N1CCCN(C(=O)c2ccccc2F)CC1. The second kappa shape index (κ2) is 9.43. The predicted octanol–water partition coefficient (Wildman–Crippen LogP) is 4.33. The molecule has 0 aliphatic carbocycles. The molecule has 0 aromatic heterocycles. The maximum absolute atomic E-state index is 13.9. The van der Waals surface area contributed by atoms with E-state index in [2.05, 4.69) is 0 Å². The second-order valence-electron chi connectivity index (χ2n) is 6.66. The van der Waals surface area contributed by atoms with Crippen molar-refractivity contribution in [3.63, 3.8) is 0 Å². The van der Waals surface area contributed by atoms with Crippen molar-refractivity contribution >= 4 is 35.2 Å². The molecule has 3 rings (SSSR count). The quantitative estimate of drug-likeness (QED) is 0.691. The van der Waals surface area contributed by atoms with Gasteiger partial charge in [0.05, 0.1) is 10.8 Å². The lowest BCUT2D eigenvalue weighted by molar-refractivity contribution is -0.130. The molecule has 1 atom stereocenters. The van der Waals surface area contributed by atoms with Gasteiger partial charge in [-0.1, -0.05) is 23.7 Å². The van der Waals surface area contributed by atoms with Crippen LogP contribution >= 0.6 is 23.4 Å². The molecule has 1 fully saturated rings. The second-order valence-corrected chi connectivity index (χ2v) is 8.52. The van der Waals surface area contributed by atoms with Crippen LogP contribution in [0.2, 0.25) is 5.02 Å². The van der Waals surface area contributed by atoms with Crippen LogP contribution in [-0.4, -0.2) is 53.0 Å². The zero-order valence-electron chi connectivity index (χ0n) is 15.6. The minimum atomic E-state index is -0.516. The lowest BCUT2D eigenvalue weighted by Gasteiger charge is -2.24. The number of halogens is 2. The molecule has 1 aliphatic heterocycles. The summed E-state index contributed by atoms with van der Waals surface area (Å²) in [7, 11) is 0. The summed E-state index contributed by atoms with van der Waals surface area (Å²) in [4.78, 5) is 29.9. The molecule has 2 aromatic carbocycles. The highest BCUT2D eigenvalue weighted by Gasteiger charge is 2.26. The standard InChI is InChI=1S/C21H22ClFN2O2S/c1-15(28-17-9-7-16(22)8-10-17)20(26)24-11-4-12-25(14-13-24)21(27)18-5-2-3-6-19(18)23/h2-3,5-10,15H,4,11-14H2,1H3. The monoisotopic (exact) mass is 420 g/mol. The first-order valence-corrected chi connectivity index (χ1v) is 10.5. The van der Waals surface area contributed by atoms with Crippen molar-refractivity contribution in [2.75, 3.05) is 26.2 Å². The van der Waals surface area contributed by atoms with Crippen LogP contribution in [0.15, 0.2) is 53.4 Å². The number of amides is 2. The largest absolute Gasteiger partial charge is 0.340 e. The van der Waals surface area contributed by atoms with E-state index in [1.807, 2.05) is 19.1 Å². The summed E-state index contributed by atoms with van der Waals surface area (Å²) < 4.78 is 13.9. The molecule has 1 unspecified atom stereocenters. The number of benzene rings is 2. The first kappa shape index (κ1) is 20.7. The van der Waals surface area contributed by atoms with Gasteiger partial charge in [-0.15, -0.1) is 11.8 Å². The minimum Gasteiger partial charge on any atom is -0.340 e. The van der Waals surface area contributed by atoms with Gasteiger partial charge in [0.1, 0.15) is 5.82 Å². The molecule has 0 radical (unpaired) electrons. The molecule has 148 valence electrons. The number of hydrogen-bond acceptors (Lipinski definition) is 3. The summed E-state index contributed by atoms with van der Waals surface area (Å²) in [5.74, 6) is -0.797. The Kier molecular flexibility index (Phi) is 6.97. The first-order valence-electron chi connectivity index (χ1n) is 9.20. The van der Waals surface area contributed by atoms with E-state index < -0.39 is 5.82 Å². The van der Waals surface area contributed by atoms with Crippen LogP contribution in [0, 0.1) is 5.82 Å². The highest BCUT2D eigenvalue weighted by molar-refractivity contribution is 8.00. The van der Waals surface area contributed by atoms with Gasteiger partial charge in [-0.3, -0.25) is 9.59 Å². The highest BCUT2D eigenvalue weighted by atomic mass is 35.5. The molecule has 7 heteroatoms. The number of hydrogen-bond donors (Lipinski definition) is 0. The topological polar surface area (TPSA) is 40.6 Å². The van der Waals surface area contributed by atoms with Crippen LogP contribution in [0.4, 0.5) is 4.39 Å². The van der Waals surface area contributed by atoms with Crippen molar-refractivity contribution in [2.45, 2.75) is 23.5 Å². The van der Waals surface area contributed by atoms with Crippen molar-refractivity contribution in [2.24, 2.45) is 0 Å². The van der Waals surface area contributed by atoms with E-state index in [9.17, 15) is 14.0 Å². The van der Waals surface area contributed by atoms with E-state index in [1.54, 1.807) is 34.1 Å². The molecule has 28 heavy (non-hydrogen) atoms. The van der Waals surface area contributed by atoms with Gasteiger partial charge in [0.25, 0.3) is 5.91 Å². The predicted molar refractivity (Wildman–Crippen MR) is 110 cm³/mol. The number of carbonyl (C=O) groups is 2. The lowest BCUT2D eigenvalue weighted by atomic mass is 10.2. The van der Waals surface area contributed by atoms with Gasteiger partial charge in [0.2, 0.25) is 5.91 Å². The molecule has 2 amide bonds. The van der Waals surface area contributed by atoms with Crippen molar-refractivity contribution < 1.29 is 14.0 Å². The molecule has 1 heterocycles. The average Bonchev–Trinajstić information content (AvgIpc) is 2.95. The summed E-state index contributed by atoms with van der Waals surface area (Å²) >= 11 is 7.39. The van der Waals surface area contributed by atoms with E-state index in [0.717, 1.165) is 4.90 Å². The Morgan fingerprint density at radius 3 is 2.36 bits per heavy atom. The fourth-order valence-electron chi connectivity index (χ4n) is 3.17. The third kappa shape index (κ3) is 5.06. The molecule has 1 saturated heterocycles. The Balaban J connectivity index is 1.59. The molecule has 0 spiro atoms. The zero-order chi connectivity index (χ0) is 20.1. The van der Waals surface area contributed by atoms with Gasteiger partial charge in [-0.25, -0.2) is 4.39 Å². The van der Waals surface area contributed by atoms with E-state index >= 15 is 0 Å². The Morgan fingerprint density at radius 1 is 1.00 bits per heavy atom. The average molecular weight is 421 g/mol. The van der Waals surface area contributed by atoms with Gasteiger partial charge in [-0.2, -0.15) is 0 Å². The summed E-state index contributed by atoms with van der Waals surface area (Å²) in [5, 5.41) is 0.422. The summed E-state index contributed by atoms with van der Waals surface area (Å²) in [6.45, 7) is 3.83. The van der Waals surface area contributed by atoms with Crippen molar-refractivity contribution in [1.82, 2.24) is 9.80 Å². The van der Waals surface area contributed by atoms with Crippen molar-refractivity contribution in [1.29, 1.82) is 0 Å². The van der Waals surface area contributed by atoms with Crippen LogP contribution in [0.5, 0.6) is 0 Å². The Bertz CT molecular complexity index is 847. The van der Waals surface area contributed by atoms with Crippen molar-refractivity contribution in [3.8, 4) is 0 Å². The van der Waals surface area contributed by atoms with Gasteiger partial charge in [0, 0.05) is 36.1 Å². The fourth-order valence-corrected chi connectivity index (χ4v) is 4.25. The van der Waals surface area contributed by atoms with Crippen LogP contribution < -0.4 is 0 Å². The van der Waals surface area contributed by atoms with E-state index in [-0.39, 0.29) is 22.6 Å². The molecular weight excluding hydrogens is 399 g/mol. The Hall–Kier alpha value is -2.05. The lowest BCUT2D eigenvalue weighted by Crippen LogP contribution is -2.40. The van der Waals surface area contributed by atoms with E-state index in [1.165, 1.54) is 23.9 Å². The van der Waals surface area contributed by atoms with Gasteiger partial charge < -0.3 is 9.80 Å². The fraction of sp³-hybridized carbons (Fsp3) is 0.333. The summed E-state index contributed by atoms with van der Waals surface area (Å²) in [6, 6.07) is 13.4. The summed E-state index contributed by atoms with van der Waals surface area (Å²) in [6.07, 6.45) is 0.671. The van der Waals surface area contributed by atoms with Gasteiger partial charge in [0.15, 0.2) is 0 Å². The smallest absolute Gasteiger partial charge is 0.256 e. The zero-order valence-corrected chi connectivity index (χ0v) is 17.2. The third-order valence-corrected chi connectivity index (χ3v) is 6.02. The molecule has 0 bridgehead atoms. The molecule has 0 saturated carbocycles. The van der Waals surface area contributed by atoms with Crippen LogP contribution in [0.1, 0.15) is 23.7 Å². The molecule has 0 N–H and O–H groups in total. The molecule has 1 aliphatic rings.